The van der Waals surface area contributed by atoms with Crippen LogP contribution in [0.5, 0.6) is 0 Å². The quantitative estimate of drug-likeness (QED) is 0.363. The molecule has 0 fully saturated rings. The van der Waals surface area contributed by atoms with Crippen molar-refractivity contribution in [2.45, 2.75) is 20.0 Å². The van der Waals surface area contributed by atoms with Gasteiger partial charge in [-0.25, -0.2) is 0 Å². The first kappa shape index (κ1) is 7.37. The van der Waals surface area contributed by atoms with Crippen molar-refractivity contribution >= 4 is 0 Å². The summed E-state index contributed by atoms with van der Waals surface area (Å²) in [5, 5.41) is 0. The van der Waals surface area contributed by atoms with E-state index >= 15 is 0 Å². The van der Waals surface area contributed by atoms with Crippen LogP contribution in [-0.2, 0) is 4.74 Å². The van der Waals surface area contributed by atoms with Crippen LogP contribution in [0.4, 0.5) is 0 Å². The van der Waals surface area contributed by atoms with Crippen molar-refractivity contribution in [2.24, 2.45) is 5.92 Å². The third-order valence-corrected chi connectivity index (χ3v) is 1.44. The molecule has 0 amide bonds. The molecule has 1 aliphatic heterocycles. The SMILES string of the molecule is CC#CC1C=CC(C)CO1. The van der Waals surface area contributed by atoms with Gasteiger partial charge >= 0.3 is 0 Å². The molecule has 0 N–H and O–H groups in total. The Morgan fingerprint density at radius 1 is 1.50 bits per heavy atom. The van der Waals surface area contributed by atoms with Crippen molar-refractivity contribution in [3.63, 3.8) is 0 Å². The molecule has 2 unspecified atom stereocenters. The molecular weight excluding hydrogens is 124 g/mol. The maximum atomic E-state index is 5.37. The summed E-state index contributed by atoms with van der Waals surface area (Å²) in [7, 11) is 0. The Bertz CT molecular complexity index is 183. The first-order chi connectivity index (χ1) is 4.83. The highest BCUT2D eigenvalue weighted by Crippen LogP contribution is 2.08. The van der Waals surface area contributed by atoms with Crippen molar-refractivity contribution in [2.75, 3.05) is 6.61 Å². The van der Waals surface area contributed by atoms with E-state index in [1.807, 2.05) is 13.0 Å². The van der Waals surface area contributed by atoms with Crippen molar-refractivity contribution in [3.05, 3.63) is 12.2 Å². The lowest BCUT2D eigenvalue weighted by atomic mass is 10.1. The summed E-state index contributed by atoms with van der Waals surface area (Å²) < 4.78 is 5.37. The molecule has 2 atom stereocenters. The van der Waals surface area contributed by atoms with Crippen LogP contribution in [0.15, 0.2) is 12.2 Å². The van der Waals surface area contributed by atoms with E-state index < -0.39 is 0 Å². The van der Waals surface area contributed by atoms with Crippen LogP contribution in [0.25, 0.3) is 0 Å². The predicted molar refractivity (Wildman–Crippen MR) is 41.5 cm³/mol. The Balaban J connectivity index is 2.50. The molecule has 0 saturated carbocycles. The first-order valence-corrected chi connectivity index (χ1v) is 3.55. The van der Waals surface area contributed by atoms with Crippen LogP contribution < -0.4 is 0 Å². The lowest BCUT2D eigenvalue weighted by molar-refractivity contribution is 0.0926. The van der Waals surface area contributed by atoms with Gasteiger partial charge in [0.05, 0.1) is 6.61 Å². The van der Waals surface area contributed by atoms with Crippen LogP contribution in [-0.4, -0.2) is 12.7 Å². The minimum atomic E-state index is 0.0428. The van der Waals surface area contributed by atoms with Gasteiger partial charge in [0.15, 0.2) is 0 Å². The van der Waals surface area contributed by atoms with Crippen LogP contribution in [0, 0.1) is 17.8 Å². The van der Waals surface area contributed by atoms with E-state index in [1.54, 1.807) is 0 Å². The van der Waals surface area contributed by atoms with Crippen molar-refractivity contribution in [1.82, 2.24) is 0 Å². The molecule has 0 bridgehead atoms. The molecule has 0 aromatic heterocycles. The van der Waals surface area contributed by atoms with Gasteiger partial charge in [0.25, 0.3) is 0 Å². The molecule has 1 aliphatic rings. The van der Waals surface area contributed by atoms with E-state index in [0.29, 0.717) is 5.92 Å². The van der Waals surface area contributed by atoms with E-state index in [-0.39, 0.29) is 6.10 Å². The standard InChI is InChI=1S/C9H12O/c1-3-4-9-6-5-8(2)7-10-9/h5-6,8-9H,7H2,1-2H3. The van der Waals surface area contributed by atoms with Gasteiger partial charge in [0.2, 0.25) is 0 Å². The van der Waals surface area contributed by atoms with Gasteiger partial charge in [0, 0.05) is 0 Å². The average molecular weight is 136 g/mol. The molecule has 1 heterocycles. The van der Waals surface area contributed by atoms with Crippen LogP contribution in [0.3, 0.4) is 0 Å². The minimum absolute atomic E-state index is 0.0428. The van der Waals surface area contributed by atoms with Gasteiger partial charge in [0.1, 0.15) is 6.10 Å². The molecule has 1 rings (SSSR count). The number of hydrogen-bond acceptors (Lipinski definition) is 1. The Labute approximate surface area is 62.1 Å². The minimum Gasteiger partial charge on any atom is -0.361 e. The molecule has 1 nitrogen and oxygen atoms in total. The monoisotopic (exact) mass is 136 g/mol. The molecule has 1 heteroatoms. The highest BCUT2D eigenvalue weighted by atomic mass is 16.5. The predicted octanol–water partition coefficient (Wildman–Crippen LogP) is 1.60. The largest absolute Gasteiger partial charge is 0.361 e. The zero-order valence-electron chi connectivity index (χ0n) is 6.42. The summed E-state index contributed by atoms with van der Waals surface area (Å²) >= 11 is 0. The Kier molecular flexibility index (Phi) is 2.53. The maximum Gasteiger partial charge on any atom is 0.136 e. The number of ether oxygens (including phenoxy) is 1. The normalized spacial score (nSPS) is 31.0. The third-order valence-electron chi connectivity index (χ3n) is 1.44. The molecule has 10 heavy (non-hydrogen) atoms. The van der Waals surface area contributed by atoms with Crippen molar-refractivity contribution in [3.8, 4) is 11.8 Å². The van der Waals surface area contributed by atoms with Gasteiger partial charge in [-0.2, -0.15) is 0 Å². The van der Waals surface area contributed by atoms with Crippen LogP contribution in [0.2, 0.25) is 0 Å². The Morgan fingerprint density at radius 2 is 2.30 bits per heavy atom. The zero-order chi connectivity index (χ0) is 7.40. The van der Waals surface area contributed by atoms with Gasteiger partial charge in [-0.3, -0.25) is 0 Å². The van der Waals surface area contributed by atoms with E-state index in [9.17, 15) is 0 Å². The highest BCUT2D eigenvalue weighted by Gasteiger charge is 2.08. The van der Waals surface area contributed by atoms with Gasteiger partial charge in [-0.05, 0) is 18.9 Å². The first-order valence-electron chi connectivity index (χ1n) is 3.55. The zero-order valence-corrected chi connectivity index (χ0v) is 6.42. The fourth-order valence-electron chi connectivity index (χ4n) is 0.889. The second-order valence-electron chi connectivity index (χ2n) is 2.51. The molecule has 0 aromatic rings. The van der Waals surface area contributed by atoms with E-state index in [2.05, 4.69) is 24.8 Å². The average Bonchev–Trinajstić information content (AvgIpc) is 1.95. The summed E-state index contributed by atoms with van der Waals surface area (Å²) in [6.45, 7) is 4.76. The molecule has 0 saturated heterocycles. The summed E-state index contributed by atoms with van der Waals surface area (Å²) in [4.78, 5) is 0. The fraction of sp³-hybridized carbons (Fsp3) is 0.556. The van der Waals surface area contributed by atoms with Gasteiger partial charge in [-0.1, -0.05) is 18.9 Å². The van der Waals surface area contributed by atoms with Crippen LogP contribution >= 0.6 is 0 Å². The third kappa shape index (κ3) is 1.89. The molecule has 0 aromatic carbocycles. The van der Waals surface area contributed by atoms with Crippen molar-refractivity contribution in [1.29, 1.82) is 0 Å². The van der Waals surface area contributed by atoms with E-state index in [0.717, 1.165) is 6.61 Å². The second kappa shape index (κ2) is 3.43. The van der Waals surface area contributed by atoms with E-state index in [4.69, 9.17) is 4.74 Å². The van der Waals surface area contributed by atoms with Gasteiger partial charge in [-0.15, -0.1) is 5.92 Å². The molecule has 54 valence electrons. The summed E-state index contributed by atoms with van der Waals surface area (Å²) in [5.41, 5.74) is 0. The highest BCUT2D eigenvalue weighted by molar-refractivity contribution is 5.13. The number of rotatable bonds is 0. The second-order valence-corrected chi connectivity index (χ2v) is 2.51. The Morgan fingerprint density at radius 3 is 2.80 bits per heavy atom. The lowest BCUT2D eigenvalue weighted by Crippen LogP contribution is -2.17. The van der Waals surface area contributed by atoms with E-state index in [1.165, 1.54) is 0 Å². The van der Waals surface area contributed by atoms with Gasteiger partial charge < -0.3 is 4.74 Å². The topological polar surface area (TPSA) is 9.23 Å². The maximum absolute atomic E-state index is 5.37. The Hall–Kier alpha value is -0.740. The summed E-state index contributed by atoms with van der Waals surface area (Å²) in [6, 6.07) is 0. The molecular formula is C9H12O. The smallest absolute Gasteiger partial charge is 0.136 e. The molecule has 0 radical (unpaired) electrons. The fourth-order valence-corrected chi connectivity index (χ4v) is 0.889. The molecule has 0 spiro atoms. The van der Waals surface area contributed by atoms with Crippen LogP contribution in [0.1, 0.15) is 13.8 Å². The lowest BCUT2D eigenvalue weighted by Gasteiger charge is -2.16. The summed E-state index contributed by atoms with van der Waals surface area (Å²) in [6.07, 6.45) is 4.21. The van der Waals surface area contributed by atoms with Crippen molar-refractivity contribution < 1.29 is 4.74 Å². The number of hydrogen-bond donors (Lipinski definition) is 0. The molecule has 0 aliphatic carbocycles. The summed E-state index contributed by atoms with van der Waals surface area (Å²) in [5.74, 6) is 6.32.